The first kappa shape index (κ1) is 17.0. The molecule has 27 heavy (non-hydrogen) atoms. The van der Waals surface area contributed by atoms with Gasteiger partial charge in [-0.1, -0.05) is 6.07 Å². The molecule has 0 aliphatic rings. The van der Waals surface area contributed by atoms with E-state index in [0.29, 0.717) is 5.56 Å². The van der Waals surface area contributed by atoms with Gasteiger partial charge in [-0.2, -0.15) is 5.10 Å². The third kappa shape index (κ3) is 3.21. The minimum Gasteiger partial charge on any atom is -0.461 e. The first-order valence-corrected chi connectivity index (χ1v) is 8.80. The molecule has 6 nitrogen and oxygen atoms in total. The number of aromatic nitrogens is 3. The average molecular weight is 360 g/mol. The third-order valence-electron chi connectivity index (χ3n) is 4.63. The van der Waals surface area contributed by atoms with Gasteiger partial charge in [0.05, 0.1) is 12.2 Å². The molecule has 4 rings (SSSR count). The summed E-state index contributed by atoms with van der Waals surface area (Å²) in [6.45, 7) is 5.81. The highest BCUT2D eigenvalue weighted by Gasteiger charge is 2.18. The number of benzene rings is 1. The fourth-order valence-corrected chi connectivity index (χ4v) is 3.23. The smallest absolute Gasteiger partial charge is 0.251 e. The molecule has 0 radical (unpaired) electrons. The molecule has 0 aliphatic carbocycles. The molecule has 0 spiro atoms. The van der Waals surface area contributed by atoms with E-state index in [1.807, 2.05) is 57.2 Å². The predicted molar refractivity (Wildman–Crippen MR) is 103 cm³/mol. The molecule has 3 aromatic heterocycles. The van der Waals surface area contributed by atoms with Crippen molar-refractivity contribution in [1.29, 1.82) is 0 Å². The van der Waals surface area contributed by atoms with Gasteiger partial charge in [0.2, 0.25) is 0 Å². The van der Waals surface area contributed by atoms with E-state index in [0.717, 1.165) is 33.8 Å². The van der Waals surface area contributed by atoms with Gasteiger partial charge in [0.15, 0.2) is 5.82 Å². The molecule has 0 saturated heterocycles. The van der Waals surface area contributed by atoms with Crippen molar-refractivity contribution < 1.29 is 9.21 Å². The Morgan fingerprint density at radius 2 is 2.04 bits per heavy atom. The van der Waals surface area contributed by atoms with Crippen LogP contribution in [0.25, 0.3) is 16.8 Å². The lowest BCUT2D eigenvalue weighted by atomic mass is 10.1. The summed E-state index contributed by atoms with van der Waals surface area (Å²) in [5, 5.41) is 8.39. The summed E-state index contributed by atoms with van der Waals surface area (Å²) >= 11 is 0. The molecule has 0 bridgehead atoms. The van der Waals surface area contributed by atoms with E-state index in [1.165, 1.54) is 0 Å². The molecule has 0 unspecified atom stereocenters. The van der Waals surface area contributed by atoms with Crippen molar-refractivity contribution in [2.24, 2.45) is 0 Å². The maximum Gasteiger partial charge on any atom is 0.251 e. The van der Waals surface area contributed by atoms with E-state index in [2.05, 4.69) is 15.4 Å². The molecule has 1 N–H and O–H groups in total. The van der Waals surface area contributed by atoms with Crippen LogP contribution in [0.4, 0.5) is 0 Å². The molecule has 3 heterocycles. The fraction of sp³-hybridized carbons (Fsp3) is 0.190. The van der Waals surface area contributed by atoms with E-state index in [1.54, 1.807) is 23.1 Å². The highest BCUT2D eigenvalue weighted by Crippen LogP contribution is 2.22. The van der Waals surface area contributed by atoms with Gasteiger partial charge in [0.25, 0.3) is 5.91 Å². The Kier molecular flexibility index (Phi) is 4.24. The lowest BCUT2D eigenvalue weighted by Crippen LogP contribution is -2.26. The first-order chi connectivity index (χ1) is 13.0. The fourth-order valence-electron chi connectivity index (χ4n) is 3.23. The second kappa shape index (κ2) is 6.72. The second-order valence-electron chi connectivity index (χ2n) is 6.59. The number of furan rings is 1. The van der Waals surface area contributed by atoms with Gasteiger partial charge < -0.3 is 9.73 Å². The normalized spacial score (nSPS) is 12.3. The monoisotopic (exact) mass is 360 g/mol. The Morgan fingerprint density at radius 3 is 2.81 bits per heavy atom. The van der Waals surface area contributed by atoms with E-state index in [9.17, 15) is 4.79 Å². The number of amides is 1. The van der Waals surface area contributed by atoms with Gasteiger partial charge in [0, 0.05) is 28.4 Å². The molecule has 4 aromatic rings. The summed E-state index contributed by atoms with van der Waals surface area (Å²) in [5.74, 6) is 1.45. The van der Waals surface area contributed by atoms with Crippen LogP contribution in [0, 0.1) is 13.8 Å². The van der Waals surface area contributed by atoms with Gasteiger partial charge in [-0.3, -0.25) is 4.79 Å². The minimum atomic E-state index is -0.184. The average Bonchev–Trinajstić information content (AvgIpc) is 3.23. The van der Waals surface area contributed by atoms with Gasteiger partial charge in [-0.05, 0) is 57.2 Å². The molecule has 136 valence electrons. The Balaban J connectivity index is 1.55. The van der Waals surface area contributed by atoms with Crippen molar-refractivity contribution in [2.75, 3.05) is 0 Å². The van der Waals surface area contributed by atoms with Crippen LogP contribution in [-0.4, -0.2) is 20.7 Å². The maximum atomic E-state index is 12.7. The number of carbonyl (C=O) groups excluding carboxylic acids is 1. The van der Waals surface area contributed by atoms with Crippen LogP contribution in [0.15, 0.2) is 59.3 Å². The van der Waals surface area contributed by atoms with Crippen molar-refractivity contribution in [2.45, 2.75) is 26.8 Å². The quantitative estimate of drug-likeness (QED) is 0.594. The zero-order chi connectivity index (χ0) is 19.0. The number of aryl methyl sites for hydroxylation is 1. The number of pyridine rings is 1. The Hall–Kier alpha value is -3.41. The van der Waals surface area contributed by atoms with Crippen molar-refractivity contribution in [1.82, 2.24) is 20.1 Å². The Morgan fingerprint density at radius 1 is 1.19 bits per heavy atom. The van der Waals surface area contributed by atoms with E-state index < -0.39 is 0 Å². The number of nitrogens with one attached hydrogen (secondary N) is 1. The first-order valence-electron chi connectivity index (χ1n) is 8.80. The van der Waals surface area contributed by atoms with E-state index in [4.69, 9.17) is 4.42 Å². The lowest BCUT2D eigenvalue weighted by molar-refractivity contribution is 0.0940. The van der Waals surface area contributed by atoms with Crippen LogP contribution in [0.1, 0.15) is 40.3 Å². The molecule has 1 amide bonds. The largest absolute Gasteiger partial charge is 0.461 e. The topological polar surface area (TPSA) is 73.0 Å². The van der Waals surface area contributed by atoms with Crippen LogP contribution < -0.4 is 5.32 Å². The number of nitrogens with zero attached hydrogens (tertiary/aromatic N) is 3. The van der Waals surface area contributed by atoms with Gasteiger partial charge in [-0.25, -0.2) is 9.67 Å². The standard InChI is InChI=1S/C21H20N4O2/c1-13-10-17-11-16(7-8-19(17)27-13)21(26)24-14(2)18-12-23-25(15(18)3)20-6-4-5-9-22-20/h4-12,14H,1-3H3,(H,24,26)/t14-/m0/s1. The summed E-state index contributed by atoms with van der Waals surface area (Å²) in [6.07, 6.45) is 3.51. The molecule has 0 fully saturated rings. The number of hydrogen-bond donors (Lipinski definition) is 1. The number of rotatable bonds is 4. The summed E-state index contributed by atoms with van der Waals surface area (Å²) in [5.41, 5.74) is 3.28. The van der Waals surface area contributed by atoms with Crippen LogP contribution in [0.3, 0.4) is 0 Å². The molecular weight excluding hydrogens is 340 g/mol. The van der Waals surface area contributed by atoms with Crippen LogP contribution in [0.5, 0.6) is 0 Å². The van der Waals surface area contributed by atoms with Crippen molar-refractivity contribution in [3.05, 3.63) is 77.4 Å². The number of hydrogen-bond acceptors (Lipinski definition) is 4. The zero-order valence-corrected chi connectivity index (χ0v) is 15.4. The summed E-state index contributed by atoms with van der Waals surface area (Å²) in [7, 11) is 0. The van der Waals surface area contributed by atoms with Gasteiger partial charge >= 0.3 is 0 Å². The summed E-state index contributed by atoms with van der Waals surface area (Å²) in [6, 6.07) is 12.9. The van der Waals surface area contributed by atoms with Crippen LogP contribution >= 0.6 is 0 Å². The van der Waals surface area contributed by atoms with Crippen LogP contribution in [-0.2, 0) is 0 Å². The van der Waals surface area contributed by atoms with Crippen molar-refractivity contribution >= 4 is 16.9 Å². The molecular formula is C21H20N4O2. The highest BCUT2D eigenvalue weighted by atomic mass is 16.3. The van der Waals surface area contributed by atoms with E-state index >= 15 is 0 Å². The second-order valence-corrected chi connectivity index (χ2v) is 6.59. The van der Waals surface area contributed by atoms with Crippen molar-refractivity contribution in [3.8, 4) is 5.82 Å². The summed E-state index contributed by atoms with van der Waals surface area (Å²) < 4.78 is 7.34. The molecule has 0 aliphatic heterocycles. The summed E-state index contributed by atoms with van der Waals surface area (Å²) in [4.78, 5) is 17.0. The van der Waals surface area contributed by atoms with E-state index in [-0.39, 0.29) is 11.9 Å². The SMILES string of the molecule is Cc1cc2cc(C(=O)N[C@@H](C)c3cnn(-c4ccccn4)c3C)ccc2o1. The third-order valence-corrected chi connectivity index (χ3v) is 4.63. The highest BCUT2D eigenvalue weighted by molar-refractivity contribution is 5.98. The van der Waals surface area contributed by atoms with Gasteiger partial charge in [0.1, 0.15) is 11.3 Å². The number of fused-ring (bicyclic) bond motifs is 1. The Bertz CT molecular complexity index is 1110. The zero-order valence-electron chi connectivity index (χ0n) is 15.4. The molecule has 0 saturated carbocycles. The Labute approximate surface area is 156 Å². The molecule has 6 heteroatoms. The molecule has 1 aromatic carbocycles. The molecule has 1 atom stereocenters. The maximum absolute atomic E-state index is 12.7. The van der Waals surface area contributed by atoms with Gasteiger partial charge in [-0.15, -0.1) is 0 Å². The minimum absolute atomic E-state index is 0.131. The lowest BCUT2D eigenvalue weighted by Gasteiger charge is -2.14. The van der Waals surface area contributed by atoms with Crippen LogP contribution in [0.2, 0.25) is 0 Å². The van der Waals surface area contributed by atoms with Crippen molar-refractivity contribution in [3.63, 3.8) is 0 Å². The number of carbonyl (C=O) groups is 1. The predicted octanol–water partition coefficient (Wildman–Crippen LogP) is 4.12.